The third-order valence-corrected chi connectivity index (χ3v) is 4.05. The summed E-state index contributed by atoms with van der Waals surface area (Å²) in [6.45, 7) is 4.19. The number of nitrogens with two attached hydrogens (primary N) is 1. The minimum atomic E-state index is 0.155. The van der Waals surface area contributed by atoms with Gasteiger partial charge < -0.3 is 15.8 Å². The molecule has 106 valence electrons. The molecule has 0 saturated carbocycles. The molecule has 0 bridgehead atoms. The molecule has 0 amide bonds. The molecule has 1 aromatic carbocycles. The minimum Gasteiger partial charge on any atom is -0.409 e. The van der Waals surface area contributed by atoms with Gasteiger partial charge >= 0.3 is 0 Å². The lowest BCUT2D eigenvalue weighted by atomic mass is 10.1. The molecule has 0 fully saturated rings. The molecular formula is C14H23N3OS. The molecule has 0 radical (unpaired) electrons. The maximum atomic E-state index is 8.73. The van der Waals surface area contributed by atoms with Gasteiger partial charge in [0.2, 0.25) is 0 Å². The summed E-state index contributed by atoms with van der Waals surface area (Å²) in [5, 5.41) is 11.8. The summed E-state index contributed by atoms with van der Waals surface area (Å²) in [5.41, 5.74) is 8.57. The first-order valence-corrected chi connectivity index (χ1v) is 7.71. The fourth-order valence-corrected chi connectivity index (χ4v) is 2.52. The molecule has 1 unspecified atom stereocenters. The SMILES string of the molecule is CSCCC(C)N(C)c1ccc(/C(N)=N/O)c(C)c1. The van der Waals surface area contributed by atoms with Gasteiger partial charge in [-0.15, -0.1) is 0 Å². The molecule has 5 heteroatoms. The van der Waals surface area contributed by atoms with Gasteiger partial charge in [-0.1, -0.05) is 5.16 Å². The fourth-order valence-electron chi connectivity index (χ4n) is 1.95. The molecule has 1 rings (SSSR count). The largest absolute Gasteiger partial charge is 0.409 e. The summed E-state index contributed by atoms with van der Waals surface area (Å²) in [7, 11) is 2.10. The van der Waals surface area contributed by atoms with Crippen LogP contribution in [0.2, 0.25) is 0 Å². The summed E-state index contributed by atoms with van der Waals surface area (Å²) in [4.78, 5) is 2.26. The number of hydrogen-bond acceptors (Lipinski definition) is 4. The van der Waals surface area contributed by atoms with Crippen LogP contribution >= 0.6 is 11.8 Å². The van der Waals surface area contributed by atoms with E-state index < -0.39 is 0 Å². The Morgan fingerprint density at radius 1 is 1.53 bits per heavy atom. The highest BCUT2D eigenvalue weighted by atomic mass is 32.2. The first-order valence-electron chi connectivity index (χ1n) is 6.31. The summed E-state index contributed by atoms with van der Waals surface area (Å²) < 4.78 is 0. The van der Waals surface area contributed by atoms with Gasteiger partial charge in [-0.2, -0.15) is 11.8 Å². The van der Waals surface area contributed by atoms with Crippen LogP contribution in [0.3, 0.4) is 0 Å². The van der Waals surface area contributed by atoms with Crippen molar-refractivity contribution in [3.8, 4) is 0 Å². The standard InChI is InChI=1S/C14H23N3OS/c1-10-9-12(5-6-13(10)14(15)16-18)17(3)11(2)7-8-19-4/h5-6,9,11,18H,7-8H2,1-4H3,(H2,15,16). The predicted octanol–water partition coefficient (Wildman–Crippen LogP) is 2.67. The Morgan fingerprint density at radius 3 is 2.74 bits per heavy atom. The van der Waals surface area contributed by atoms with Gasteiger partial charge in [0.1, 0.15) is 0 Å². The van der Waals surface area contributed by atoms with Gasteiger partial charge in [0.25, 0.3) is 0 Å². The highest BCUT2D eigenvalue weighted by molar-refractivity contribution is 7.98. The van der Waals surface area contributed by atoms with E-state index in [9.17, 15) is 0 Å². The lowest BCUT2D eigenvalue weighted by Crippen LogP contribution is -2.29. The molecule has 3 N–H and O–H groups in total. The van der Waals surface area contributed by atoms with Crippen molar-refractivity contribution in [3.63, 3.8) is 0 Å². The van der Waals surface area contributed by atoms with E-state index in [1.165, 1.54) is 0 Å². The Morgan fingerprint density at radius 2 is 2.21 bits per heavy atom. The van der Waals surface area contributed by atoms with E-state index >= 15 is 0 Å². The Balaban J connectivity index is 2.88. The van der Waals surface area contributed by atoms with Crippen molar-refractivity contribution in [1.82, 2.24) is 0 Å². The summed E-state index contributed by atoms with van der Waals surface area (Å²) in [6, 6.07) is 6.47. The molecule has 1 atom stereocenters. The first-order chi connectivity index (χ1) is 9.01. The van der Waals surface area contributed by atoms with Crippen molar-refractivity contribution in [2.24, 2.45) is 10.9 Å². The Kier molecular flexibility index (Phi) is 6.02. The molecule has 0 saturated heterocycles. The van der Waals surface area contributed by atoms with Gasteiger partial charge in [0.15, 0.2) is 5.84 Å². The van der Waals surface area contributed by atoms with E-state index in [1.807, 2.05) is 30.8 Å². The molecule has 0 aliphatic heterocycles. The van der Waals surface area contributed by atoms with Gasteiger partial charge in [-0.05, 0) is 56.0 Å². The lowest BCUT2D eigenvalue weighted by molar-refractivity contribution is 0.318. The summed E-state index contributed by atoms with van der Waals surface area (Å²) in [5.74, 6) is 1.31. The van der Waals surface area contributed by atoms with Crippen LogP contribution in [-0.4, -0.2) is 36.1 Å². The number of rotatable bonds is 6. The van der Waals surface area contributed by atoms with Gasteiger partial charge in [0, 0.05) is 24.3 Å². The molecule has 1 aromatic rings. The zero-order valence-corrected chi connectivity index (χ0v) is 12.9. The summed E-state index contributed by atoms with van der Waals surface area (Å²) in [6.07, 6.45) is 3.28. The molecule has 0 heterocycles. The van der Waals surface area contributed by atoms with Crippen LogP contribution in [0.25, 0.3) is 0 Å². The average molecular weight is 281 g/mol. The molecule has 0 spiro atoms. The maximum absolute atomic E-state index is 8.73. The van der Waals surface area contributed by atoms with Crippen molar-refractivity contribution in [2.75, 3.05) is 24.0 Å². The number of hydrogen-bond donors (Lipinski definition) is 2. The number of benzene rings is 1. The molecule has 4 nitrogen and oxygen atoms in total. The van der Waals surface area contributed by atoms with Crippen molar-refractivity contribution >= 4 is 23.3 Å². The average Bonchev–Trinajstić information content (AvgIpc) is 2.42. The monoisotopic (exact) mass is 281 g/mol. The molecular weight excluding hydrogens is 258 g/mol. The van der Waals surface area contributed by atoms with Crippen LogP contribution < -0.4 is 10.6 Å². The second kappa shape index (κ2) is 7.28. The van der Waals surface area contributed by atoms with Gasteiger partial charge in [-0.3, -0.25) is 0 Å². The van der Waals surface area contributed by atoms with Crippen molar-refractivity contribution in [1.29, 1.82) is 0 Å². The number of thioether (sulfide) groups is 1. The van der Waals surface area contributed by atoms with Crippen LogP contribution in [0.15, 0.2) is 23.4 Å². The molecule has 0 aromatic heterocycles. The van der Waals surface area contributed by atoms with E-state index in [1.54, 1.807) is 0 Å². The van der Waals surface area contributed by atoms with Gasteiger partial charge in [0.05, 0.1) is 0 Å². The highest BCUT2D eigenvalue weighted by Gasteiger charge is 2.12. The zero-order chi connectivity index (χ0) is 14.4. The molecule has 19 heavy (non-hydrogen) atoms. The van der Waals surface area contributed by atoms with E-state index in [4.69, 9.17) is 10.9 Å². The van der Waals surface area contributed by atoms with Crippen LogP contribution in [0, 0.1) is 6.92 Å². The highest BCUT2D eigenvalue weighted by Crippen LogP contribution is 2.21. The number of anilines is 1. The molecule has 0 aliphatic carbocycles. The van der Waals surface area contributed by atoms with E-state index in [0.29, 0.717) is 6.04 Å². The van der Waals surface area contributed by atoms with E-state index in [0.717, 1.165) is 29.0 Å². The number of nitrogens with zero attached hydrogens (tertiary/aromatic N) is 2. The second-order valence-corrected chi connectivity index (χ2v) is 5.71. The third-order valence-electron chi connectivity index (χ3n) is 3.40. The quantitative estimate of drug-likeness (QED) is 0.364. The van der Waals surface area contributed by atoms with Crippen LogP contribution in [0.5, 0.6) is 0 Å². The Bertz CT molecular complexity index is 448. The van der Waals surface area contributed by atoms with Crippen LogP contribution in [0.4, 0.5) is 5.69 Å². The smallest absolute Gasteiger partial charge is 0.170 e. The van der Waals surface area contributed by atoms with Crippen LogP contribution in [0.1, 0.15) is 24.5 Å². The number of oxime groups is 1. The van der Waals surface area contributed by atoms with E-state index in [2.05, 4.69) is 36.3 Å². The van der Waals surface area contributed by atoms with E-state index in [-0.39, 0.29) is 5.84 Å². The molecule has 0 aliphatic rings. The normalized spacial score (nSPS) is 13.4. The number of amidine groups is 1. The van der Waals surface area contributed by atoms with Crippen LogP contribution in [-0.2, 0) is 0 Å². The number of aryl methyl sites for hydroxylation is 1. The Labute approximate surface area is 119 Å². The first kappa shape index (κ1) is 15.7. The fraction of sp³-hybridized carbons (Fsp3) is 0.500. The minimum absolute atomic E-state index is 0.155. The van der Waals surface area contributed by atoms with Gasteiger partial charge in [-0.25, -0.2) is 0 Å². The van der Waals surface area contributed by atoms with Crippen molar-refractivity contribution in [2.45, 2.75) is 26.3 Å². The zero-order valence-electron chi connectivity index (χ0n) is 12.1. The maximum Gasteiger partial charge on any atom is 0.170 e. The third kappa shape index (κ3) is 4.06. The summed E-state index contributed by atoms with van der Waals surface area (Å²) >= 11 is 1.87. The second-order valence-electron chi connectivity index (χ2n) is 4.73. The van der Waals surface area contributed by atoms with Crippen molar-refractivity contribution in [3.05, 3.63) is 29.3 Å². The Hall–Kier alpha value is -1.36. The lowest BCUT2D eigenvalue weighted by Gasteiger charge is -2.27. The van der Waals surface area contributed by atoms with Crippen molar-refractivity contribution < 1.29 is 5.21 Å². The predicted molar refractivity (Wildman–Crippen MR) is 84.6 cm³/mol. The topological polar surface area (TPSA) is 61.8 Å².